The minimum Gasteiger partial charge on any atom is -0.363 e. The van der Waals surface area contributed by atoms with E-state index in [1.54, 1.807) is 17.0 Å². The average molecular weight is 382 g/mol. The first-order chi connectivity index (χ1) is 13.5. The van der Waals surface area contributed by atoms with Crippen LogP contribution in [0.1, 0.15) is 30.4 Å². The Kier molecular flexibility index (Phi) is 5.47. The van der Waals surface area contributed by atoms with E-state index in [4.69, 9.17) is 4.74 Å². The SMILES string of the molecule is Cc1ccc(CN2CCCC3(CC2)CN(c2ccc(F)cc2)C(=O)CO3)cc1. The summed E-state index contributed by atoms with van der Waals surface area (Å²) in [5.74, 6) is -0.349. The molecule has 0 radical (unpaired) electrons. The summed E-state index contributed by atoms with van der Waals surface area (Å²) in [7, 11) is 0. The van der Waals surface area contributed by atoms with Gasteiger partial charge in [-0.25, -0.2) is 4.39 Å². The van der Waals surface area contributed by atoms with Crippen LogP contribution in [0, 0.1) is 12.7 Å². The molecule has 0 bridgehead atoms. The molecule has 2 saturated heterocycles. The average Bonchev–Trinajstić information content (AvgIpc) is 2.89. The third kappa shape index (κ3) is 4.26. The van der Waals surface area contributed by atoms with Crippen LogP contribution >= 0.6 is 0 Å². The van der Waals surface area contributed by atoms with Crippen molar-refractivity contribution < 1.29 is 13.9 Å². The predicted octanol–water partition coefficient (Wildman–Crippen LogP) is 3.92. The summed E-state index contributed by atoms with van der Waals surface area (Å²) >= 11 is 0. The molecule has 2 aliphatic heterocycles. The Hall–Kier alpha value is -2.24. The second-order valence-corrected chi connectivity index (χ2v) is 8.04. The maximum absolute atomic E-state index is 13.3. The summed E-state index contributed by atoms with van der Waals surface area (Å²) in [4.78, 5) is 16.7. The van der Waals surface area contributed by atoms with Gasteiger partial charge in [0.1, 0.15) is 12.4 Å². The number of anilines is 1. The van der Waals surface area contributed by atoms with Crippen LogP contribution in [0.25, 0.3) is 0 Å². The number of aryl methyl sites for hydroxylation is 1. The maximum atomic E-state index is 13.3. The smallest absolute Gasteiger partial charge is 0.253 e. The van der Waals surface area contributed by atoms with E-state index in [9.17, 15) is 9.18 Å². The first kappa shape index (κ1) is 19.1. The Morgan fingerprint density at radius 1 is 1.04 bits per heavy atom. The molecule has 1 spiro atoms. The molecule has 1 unspecified atom stereocenters. The molecular formula is C23H27FN2O2. The number of ether oxygens (including phenoxy) is 1. The first-order valence-corrected chi connectivity index (χ1v) is 10.0. The Balaban J connectivity index is 1.43. The van der Waals surface area contributed by atoms with Gasteiger partial charge in [-0.2, -0.15) is 0 Å². The van der Waals surface area contributed by atoms with Crippen LogP contribution in [0.4, 0.5) is 10.1 Å². The van der Waals surface area contributed by atoms with Gasteiger partial charge < -0.3 is 9.64 Å². The number of amides is 1. The molecule has 2 aromatic carbocycles. The van der Waals surface area contributed by atoms with Crippen LogP contribution in [-0.2, 0) is 16.1 Å². The fraction of sp³-hybridized carbons (Fsp3) is 0.435. The van der Waals surface area contributed by atoms with E-state index >= 15 is 0 Å². The van der Waals surface area contributed by atoms with Gasteiger partial charge in [-0.15, -0.1) is 0 Å². The summed E-state index contributed by atoms with van der Waals surface area (Å²) < 4.78 is 19.4. The Bertz CT molecular complexity index is 822. The number of benzene rings is 2. The van der Waals surface area contributed by atoms with Gasteiger partial charge >= 0.3 is 0 Å². The number of likely N-dealkylation sites (tertiary alicyclic amines) is 1. The number of rotatable bonds is 3. The molecule has 4 nitrogen and oxygen atoms in total. The van der Waals surface area contributed by atoms with Crippen LogP contribution in [0.2, 0.25) is 0 Å². The number of carbonyl (C=O) groups is 1. The van der Waals surface area contributed by atoms with Crippen LogP contribution in [-0.4, -0.2) is 42.6 Å². The first-order valence-electron chi connectivity index (χ1n) is 10.0. The normalized spacial score (nSPS) is 23.8. The van der Waals surface area contributed by atoms with E-state index in [0.29, 0.717) is 6.54 Å². The van der Waals surface area contributed by atoms with Crippen molar-refractivity contribution in [2.75, 3.05) is 31.1 Å². The van der Waals surface area contributed by atoms with Gasteiger partial charge in [0.25, 0.3) is 5.91 Å². The lowest BCUT2D eigenvalue weighted by atomic mass is 9.92. The van der Waals surface area contributed by atoms with E-state index in [-0.39, 0.29) is 23.9 Å². The number of nitrogens with zero attached hydrogens (tertiary/aromatic N) is 2. The largest absolute Gasteiger partial charge is 0.363 e. The lowest BCUT2D eigenvalue weighted by molar-refractivity contribution is -0.140. The van der Waals surface area contributed by atoms with Crippen molar-refractivity contribution in [3.63, 3.8) is 0 Å². The highest BCUT2D eigenvalue weighted by atomic mass is 19.1. The standard InChI is InChI=1S/C23H27FN2O2/c1-18-3-5-19(6-4-18)15-25-13-2-11-23(12-14-25)17-26(22(27)16-28-23)21-9-7-20(24)8-10-21/h3-10H,2,11-17H2,1H3. The molecule has 0 aliphatic carbocycles. The second-order valence-electron chi connectivity index (χ2n) is 8.04. The van der Waals surface area contributed by atoms with E-state index in [1.165, 1.54) is 23.3 Å². The van der Waals surface area contributed by atoms with E-state index in [2.05, 4.69) is 36.1 Å². The lowest BCUT2D eigenvalue weighted by Gasteiger charge is -2.42. The summed E-state index contributed by atoms with van der Waals surface area (Å²) in [6, 6.07) is 14.9. The number of carbonyl (C=O) groups excluding carboxylic acids is 1. The molecule has 148 valence electrons. The van der Waals surface area contributed by atoms with Crippen molar-refractivity contribution in [2.45, 2.75) is 38.3 Å². The molecule has 4 rings (SSSR count). The van der Waals surface area contributed by atoms with E-state index < -0.39 is 0 Å². The number of hydrogen-bond donors (Lipinski definition) is 0. The van der Waals surface area contributed by atoms with Crippen molar-refractivity contribution in [3.05, 3.63) is 65.5 Å². The van der Waals surface area contributed by atoms with Crippen LogP contribution in [0.3, 0.4) is 0 Å². The highest BCUT2D eigenvalue weighted by Crippen LogP contribution is 2.33. The minimum atomic E-state index is -0.315. The third-order valence-electron chi connectivity index (χ3n) is 5.90. The molecule has 2 heterocycles. The summed E-state index contributed by atoms with van der Waals surface area (Å²) in [6.45, 7) is 5.65. The zero-order valence-electron chi connectivity index (χ0n) is 16.4. The predicted molar refractivity (Wildman–Crippen MR) is 108 cm³/mol. The highest BCUT2D eigenvalue weighted by molar-refractivity contribution is 5.95. The van der Waals surface area contributed by atoms with Gasteiger partial charge in [0.05, 0.1) is 12.1 Å². The van der Waals surface area contributed by atoms with Crippen molar-refractivity contribution >= 4 is 11.6 Å². The molecule has 0 N–H and O–H groups in total. The lowest BCUT2D eigenvalue weighted by Crippen LogP contribution is -2.55. The second kappa shape index (κ2) is 8.02. The maximum Gasteiger partial charge on any atom is 0.253 e. The molecule has 5 heteroatoms. The Morgan fingerprint density at radius 2 is 1.79 bits per heavy atom. The topological polar surface area (TPSA) is 32.8 Å². The fourth-order valence-electron chi connectivity index (χ4n) is 4.21. The van der Waals surface area contributed by atoms with Gasteiger partial charge in [0.2, 0.25) is 0 Å². The van der Waals surface area contributed by atoms with Crippen molar-refractivity contribution in [2.24, 2.45) is 0 Å². The van der Waals surface area contributed by atoms with Crippen LogP contribution < -0.4 is 4.90 Å². The third-order valence-corrected chi connectivity index (χ3v) is 5.90. The van der Waals surface area contributed by atoms with Gasteiger partial charge in [0.15, 0.2) is 0 Å². The Labute approximate surface area is 165 Å². The molecule has 2 aliphatic rings. The Morgan fingerprint density at radius 3 is 2.54 bits per heavy atom. The zero-order chi connectivity index (χ0) is 19.6. The number of halogens is 1. The molecule has 2 aromatic rings. The molecule has 0 saturated carbocycles. The molecule has 1 amide bonds. The van der Waals surface area contributed by atoms with Gasteiger partial charge in [-0.1, -0.05) is 29.8 Å². The summed E-state index contributed by atoms with van der Waals surface area (Å²) in [5, 5.41) is 0. The van der Waals surface area contributed by atoms with Gasteiger partial charge in [0, 0.05) is 18.8 Å². The van der Waals surface area contributed by atoms with E-state index in [0.717, 1.165) is 44.6 Å². The van der Waals surface area contributed by atoms with Crippen LogP contribution in [0.15, 0.2) is 48.5 Å². The molecule has 1 atom stereocenters. The van der Waals surface area contributed by atoms with Crippen LogP contribution in [0.5, 0.6) is 0 Å². The summed E-state index contributed by atoms with van der Waals surface area (Å²) in [5.41, 5.74) is 3.04. The quantitative estimate of drug-likeness (QED) is 0.807. The van der Waals surface area contributed by atoms with Crippen molar-refractivity contribution in [1.29, 1.82) is 0 Å². The summed E-state index contributed by atoms with van der Waals surface area (Å²) in [6.07, 6.45) is 2.86. The molecular weight excluding hydrogens is 355 g/mol. The highest BCUT2D eigenvalue weighted by Gasteiger charge is 2.41. The molecule has 0 aromatic heterocycles. The van der Waals surface area contributed by atoms with Crippen molar-refractivity contribution in [1.82, 2.24) is 4.90 Å². The fourth-order valence-corrected chi connectivity index (χ4v) is 4.21. The monoisotopic (exact) mass is 382 g/mol. The zero-order valence-corrected chi connectivity index (χ0v) is 16.4. The van der Waals surface area contributed by atoms with Gasteiger partial charge in [-0.05, 0) is 62.6 Å². The van der Waals surface area contributed by atoms with Gasteiger partial charge in [-0.3, -0.25) is 9.69 Å². The molecule has 2 fully saturated rings. The minimum absolute atomic E-state index is 0.0574. The van der Waals surface area contributed by atoms with E-state index in [1.807, 2.05) is 0 Å². The molecule has 28 heavy (non-hydrogen) atoms. The van der Waals surface area contributed by atoms with Crippen molar-refractivity contribution in [3.8, 4) is 0 Å². The number of hydrogen-bond acceptors (Lipinski definition) is 3. The number of morpholine rings is 1.